The first kappa shape index (κ1) is 16.7. The summed E-state index contributed by atoms with van der Waals surface area (Å²) in [6.07, 6.45) is 3.48. The maximum Gasteiger partial charge on any atom is 0.162 e. The zero-order valence-corrected chi connectivity index (χ0v) is 14.8. The number of ether oxygens (including phenoxy) is 1. The van der Waals surface area contributed by atoms with Gasteiger partial charge in [0.1, 0.15) is 11.6 Å². The van der Waals surface area contributed by atoms with E-state index in [1.807, 2.05) is 72.8 Å². The van der Waals surface area contributed by atoms with Gasteiger partial charge in [0.25, 0.3) is 0 Å². The van der Waals surface area contributed by atoms with E-state index < -0.39 is 0 Å². The van der Waals surface area contributed by atoms with Crippen LogP contribution in [0.4, 0.5) is 11.5 Å². The summed E-state index contributed by atoms with van der Waals surface area (Å²) in [5.74, 6) is 2.18. The summed E-state index contributed by atoms with van der Waals surface area (Å²) in [7, 11) is 1.65. The van der Waals surface area contributed by atoms with Gasteiger partial charge in [0.05, 0.1) is 12.8 Å². The molecule has 0 saturated carbocycles. The van der Waals surface area contributed by atoms with Gasteiger partial charge in [-0.2, -0.15) is 0 Å². The minimum atomic E-state index is 0.648. The number of nitrogens with zero attached hydrogens (tertiary/aromatic N) is 3. The highest BCUT2D eigenvalue weighted by Gasteiger charge is 2.09. The number of pyridine rings is 1. The van der Waals surface area contributed by atoms with Crippen molar-refractivity contribution in [3.8, 4) is 28.4 Å². The van der Waals surface area contributed by atoms with Crippen LogP contribution in [0.3, 0.4) is 0 Å². The van der Waals surface area contributed by atoms with Gasteiger partial charge in [-0.05, 0) is 36.4 Å². The summed E-state index contributed by atoms with van der Waals surface area (Å²) in [5, 5.41) is 3.35. The first-order chi connectivity index (χ1) is 13.3. The fraction of sp³-hybridized carbons (Fsp3) is 0.0455. The number of rotatable bonds is 5. The molecular formula is C22H18N4O. The third-order valence-corrected chi connectivity index (χ3v) is 4.10. The molecule has 0 amide bonds. The molecule has 27 heavy (non-hydrogen) atoms. The molecule has 4 aromatic rings. The van der Waals surface area contributed by atoms with Crippen molar-refractivity contribution in [3.63, 3.8) is 0 Å². The van der Waals surface area contributed by atoms with E-state index in [9.17, 15) is 0 Å². The maximum atomic E-state index is 5.21. The third-order valence-electron chi connectivity index (χ3n) is 4.10. The van der Waals surface area contributed by atoms with Crippen LogP contribution >= 0.6 is 0 Å². The molecule has 0 saturated heterocycles. The molecule has 0 radical (unpaired) electrons. The average Bonchev–Trinajstić information content (AvgIpc) is 2.75. The summed E-state index contributed by atoms with van der Waals surface area (Å²) in [6, 6.07) is 23.5. The van der Waals surface area contributed by atoms with Crippen LogP contribution in [0.5, 0.6) is 5.75 Å². The van der Waals surface area contributed by atoms with Gasteiger partial charge in [-0.25, -0.2) is 9.97 Å². The molecule has 0 unspecified atom stereocenters. The largest absolute Gasteiger partial charge is 0.497 e. The highest BCUT2D eigenvalue weighted by molar-refractivity contribution is 5.69. The van der Waals surface area contributed by atoms with Gasteiger partial charge in [0.15, 0.2) is 5.82 Å². The van der Waals surface area contributed by atoms with Crippen molar-refractivity contribution >= 4 is 11.5 Å². The predicted molar refractivity (Wildman–Crippen MR) is 107 cm³/mol. The van der Waals surface area contributed by atoms with E-state index in [0.29, 0.717) is 5.82 Å². The van der Waals surface area contributed by atoms with Gasteiger partial charge in [0.2, 0.25) is 0 Å². The van der Waals surface area contributed by atoms with Gasteiger partial charge in [-0.3, -0.25) is 4.98 Å². The van der Waals surface area contributed by atoms with Gasteiger partial charge in [-0.1, -0.05) is 30.3 Å². The van der Waals surface area contributed by atoms with Crippen molar-refractivity contribution < 1.29 is 4.74 Å². The molecule has 132 valence electrons. The number of aromatic nitrogens is 3. The molecule has 0 atom stereocenters. The molecule has 4 rings (SSSR count). The Morgan fingerprint density at radius 2 is 1.52 bits per heavy atom. The lowest BCUT2D eigenvalue weighted by Gasteiger charge is -2.11. The molecule has 2 aromatic carbocycles. The first-order valence-electron chi connectivity index (χ1n) is 8.58. The lowest BCUT2D eigenvalue weighted by Crippen LogP contribution is -1.99. The standard InChI is InChI=1S/C22H18N4O/c1-27-19-9-7-18(8-10-19)24-21-15-20(16-5-3-2-4-6-16)25-22(26-21)17-11-13-23-14-12-17/h2-15H,1H3,(H,24,25,26). The molecule has 0 aliphatic rings. The second kappa shape index (κ2) is 7.66. The van der Waals surface area contributed by atoms with Crippen molar-refractivity contribution in [2.75, 3.05) is 12.4 Å². The van der Waals surface area contributed by atoms with E-state index in [4.69, 9.17) is 9.72 Å². The molecule has 0 aliphatic heterocycles. The summed E-state index contributed by atoms with van der Waals surface area (Å²) >= 11 is 0. The molecule has 2 heterocycles. The van der Waals surface area contributed by atoms with Gasteiger partial charge in [0, 0.05) is 35.3 Å². The van der Waals surface area contributed by atoms with Crippen LogP contribution in [0, 0.1) is 0 Å². The Labute approximate surface area is 157 Å². The Kier molecular flexibility index (Phi) is 4.74. The first-order valence-corrected chi connectivity index (χ1v) is 8.58. The summed E-state index contributed by atoms with van der Waals surface area (Å²) in [6.45, 7) is 0. The number of methoxy groups -OCH3 is 1. The number of hydrogen-bond acceptors (Lipinski definition) is 5. The molecule has 5 nitrogen and oxygen atoms in total. The third kappa shape index (κ3) is 3.93. The number of anilines is 2. The van der Waals surface area contributed by atoms with E-state index >= 15 is 0 Å². The number of nitrogens with one attached hydrogen (secondary N) is 1. The molecule has 0 fully saturated rings. The number of benzene rings is 2. The highest BCUT2D eigenvalue weighted by atomic mass is 16.5. The second-order valence-electron chi connectivity index (χ2n) is 5.92. The zero-order valence-electron chi connectivity index (χ0n) is 14.8. The fourth-order valence-corrected chi connectivity index (χ4v) is 2.72. The summed E-state index contributed by atoms with van der Waals surface area (Å²) < 4.78 is 5.21. The summed E-state index contributed by atoms with van der Waals surface area (Å²) in [5.41, 5.74) is 3.73. The van der Waals surface area contributed by atoms with Crippen LogP contribution in [-0.4, -0.2) is 22.1 Å². The molecular weight excluding hydrogens is 336 g/mol. The molecule has 2 aromatic heterocycles. The Balaban J connectivity index is 1.75. The van der Waals surface area contributed by atoms with Crippen LogP contribution < -0.4 is 10.1 Å². The number of hydrogen-bond donors (Lipinski definition) is 1. The van der Waals surface area contributed by atoms with E-state index in [0.717, 1.165) is 34.1 Å². The van der Waals surface area contributed by atoms with E-state index in [2.05, 4.69) is 15.3 Å². The van der Waals surface area contributed by atoms with Crippen molar-refractivity contribution in [1.82, 2.24) is 15.0 Å². The molecule has 1 N–H and O–H groups in total. The Hall–Kier alpha value is -3.73. The van der Waals surface area contributed by atoms with E-state index in [1.165, 1.54) is 0 Å². The highest BCUT2D eigenvalue weighted by Crippen LogP contribution is 2.26. The van der Waals surface area contributed by atoms with Gasteiger partial charge >= 0.3 is 0 Å². The second-order valence-corrected chi connectivity index (χ2v) is 5.92. The Bertz CT molecular complexity index is 961. The molecule has 0 bridgehead atoms. The quantitative estimate of drug-likeness (QED) is 0.549. The molecule has 0 spiro atoms. The lowest BCUT2D eigenvalue weighted by atomic mass is 10.1. The van der Waals surface area contributed by atoms with Crippen LogP contribution in [0.2, 0.25) is 0 Å². The molecule has 5 heteroatoms. The maximum absolute atomic E-state index is 5.21. The van der Waals surface area contributed by atoms with E-state index in [-0.39, 0.29) is 0 Å². The Morgan fingerprint density at radius 1 is 0.778 bits per heavy atom. The van der Waals surface area contributed by atoms with E-state index in [1.54, 1.807) is 19.5 Å². The van der Waals surface area contributed by atoms with Crippen LogP contribution in [0.25, 0.3) is 22.6 Å². The minimum absolute atomic E-state index is 0.648. The van der Waals surface area contributed by atoms with Gasteiger partial charge in [-0.15, -0.1) is 0 Å². The molecule has 0 aliphatic carbocycles. The normalized spacial score (nSPS) is 10.4. The van der Waals surface area contributed by atoms with Crippen molar-refractivity contribution in [2.45, 2.75) is 0 Å². The Morgan fingerprint density at radius 3 is 2.22 bits per heavy atom. The smallest absolute Gasteiger partial charge is 0.162 e. The van der Waals surface area contributed by atoms with Crippen molar-refractivity contribution in [1.29, 1.82) is 0 Å². The summed E-state index contributed by atoms with van der Waals surface area (Å²) in [4.78, 5) is 13.5. The van der Waals surface area contributed by atoms with Crippen LogP contribution in [-0.2, 0) is 0 Å². The average molecular weight is 354 g/mol. The van der Waals surface area contributed by atoms with Crippen LogP contribution in [0.15, 0.2) is 85.2 Å². The van der Waals surface area contributed by atoms with Crippen LogP contribution in [0.1, 0.15) is 0 Å². The lowest BCUT2D eigenvalue weighted by molar-refractivity contribution is 0.415. The SMILES string of the molecule is COc1ccc(Nc2cc(-c3ccccc3)nc(-c3ccncc3)n2)cc1. The monoisotopic (exact) mass is 354 g/mol. The van der Waals surface area contributed by atoms with Crippen molar-refractivity contribution in [2.24, 2.45) is 0 Å². The predicted octanol–water partition coefficient (Wildman–Crippen LogP) is 4.96. The topological polar surface area (TPSA) is 59.9 Å². The van der Waals surface area contributed by atoms with Crippen molar-refractivity contribution in [3.05, 3.63) is 85.2 Å². The minimum Gasteiger partial charge on any atom is -0.497 e. The van der Waals surface area contributed by atoms with Gasteiger partial charge < -0.3 is 10.1 Å². The fourth-order valence-electron chi connectivity index (χ4n) is 2.72. The zero-order chi connectivity index (χ0) is 18.5.